The van der Waals surface area contributed by atoms with Crippen molar-refractivity contribution in [1.82, 2.24) is 4.90 Å². The Balaban J connectivity index is 2.09. The fourth-order valence-electron chi connectivity index (χ4n) is 2.51. The highest BCUT2D eigenvalue weighted by Crippen LogP contribution is 2.20. The molecule has 1 amide bonds. The molecule has 0 saturated carbocycles. The van der Waals surface area contributed by atoms with Gasteiger partial charge in [0.2, 0.25) is 5.91 Å². The van der Waals surface area contributed by atoms with Crippen molar-refractivity contribution < 1.29 is 4.79 Å². The molecule has 4 nitrogen and oxygen atoms in total. The quantitative estimate of drug-likeness (QED) is 0.831. The van der Waals surface area contributed by atoms with Gasteiger partial charge in [-0.2, -0.15) is 11.8 Å². The first-order valence-electron chi connectivity index (χ1n) is 7.04. The predicted octanol–water partition coefficient (Wildman–Crippen LogP) is 2.09. The average Bonchev–Trinajstić information content (AvgIpc) is 2.47. The molecule has 0 bridgehead atoms. The molecule has 1 aliphatic heterocycles. The molecule has 2 atom stereocenters. The van der Waals surface area contributed by atoms with E-state index in [9.17, 15) is 4.79 Å². The van der Waals surface area contributed by atoms with E-state index in [-0.39, 0.29) is 11.9 Å². The molecular weight excluding hydrogens is 302 g/mol. The monoisotopic (exact) mass is 323 g/mol. The fraction of sp³-hybridized carbons (Fsp3) is 0.467. The Morgan fingerprint density at radius 1 is 1.52 bits per heavy atom. The van der Waals surface area contributed by atoms with Gasteiger partial charge in [0.25, 0.3) is 0 Å². The number of nitrogens with two attached hydrogens (primary N) is 1. The second-order valence-corrected chi connectivity index (χ2v) is 6.83. The van der Waals surface area contributed by atoms with Crippen LogP contribution in [0.5, 0.6) is 0 Å². The number of carbonyl (C=O) groups excluding carboxylic acids is 1. The number of carbonyl (C=O) groups is 1. The number of nitrogens with one attached hydrogen (secondary N) is 1. The number of benzene rings is 1. The molecule has 0 radical (unpaired) electrons. The van der Waals surface area contributed by atoms with Crippen molar-refractivity contribution in [3.8, 4) is 0 Å². The molecule has 1 saturated heterocycles. The Labute approximate surface area is 135 Å². The summed E-state index contributed by atoms with van der Waals surface area (Å²) in [7, 11) is 0. The molecule has 6 heteroatoms. The minimum atomic E-state index is -0.166. The molecule has 2 rings (SSSR count). The van der Waals surface area contributed by atoms with Crippen LogP contribution in [0.3, 0.4) is 0 Å². The summed E-state index contributed by atoms with van der Waals surface area (Å²) in [4.78, 5) is 15.0. The average molecular weight is 323 g/mol. The molecule has 21 heavy (non-hydrogen) atoms. The number of hydrogen-bond donors (Lipinski definition) is 2. The second-order valence-electron chi connectivity index (χ2n) is 5.24. The van der Waals surface area contributed by atoms with Gasteiger partial charge in [0, 0.05) is 29.7 Å². The number of anilines is 1. The summed E-state index contributed by atoms with van der Waals surface area (Å²) >= 11 is 6.96. The smallest absolute Gasteiger partial charge is 0.241 e. The van der Waals surface area contributed by atoms with Gasteiger partial charge >= 0.3 is 0 Å². The van der Waals surface area contributed by atoms with E-state index in [1.807, 2.05) is 43.0 Å². The first-order valence-corrected chi connectivity index (χ1v) is 8.60. The topological polar surface area (TPSA) is 58.4 Å². The highest BCUT2D eigenvalue weighted by Gasteiger charge is 2.28. The summed E-state index contributed by atoms with van der Waals surface area (Å²) in [5.74, 6) is 2.13. The van der Waals surface area contributed by atoms with Crippen molar-refractivity contribution in [3.05, 3.63) is 29.8 Å². The van der Waals surface area contributed by atoms with Crippen LogP contribution < -0.4 is 11.1 Å². The predicted molar refractivity (Wildman–Crippen MR) is 93.9 cm³/mol. The lowest BCUT2D eigenvalue weighted by molar-refractivity contribution is -0.121. The summed E-state index contributed by atoms with van der Waals surface area (Å²) in [6.45, 7) is 5.06. The minimum Gasteiger partial charge on any atom is -0.389 e. The van der Waals surface area contributed by atoms with Crippen LogP contribution in [-0.2, 0) is 4.79 Å². The molecule has 3 N–H and O–H groups in total. The zero-order valence-electron chi connectivity index (χ0n) is 12.3. The summed E-state index contributed by atoms with van der Waals surface area (Å²) in [5, 5.41) is 2.95. The van der Waals surface area contributed by atoms with Crippen molar-refractivity contribution in [2.75, 3.05) is 23.4 Å². The van der Waals surface area contributed by atoms with Gasteiger partial charge in [0.1, 0.15) is 4.99 Å². The SMILES string of the molecule is CC1CSCCN1C(C)C(=O)Nc1ccccc1C(N)=S. The second kappa shape index (κ2) is 7.24. The third kappa shape index (κ3) is 3.96. The Hall–Kier alpha value is -1.11. The molecule has 114 valence electrons. The van der Waals surface area contributed by atoms with E-state index >= 15 is 0 Å². The van der Waals surface area contributed by atoms with Crippen LogP contribution in [0, 0.1) is 0 Å². The number of thiocarbonyl (C=S) groups is 1. The third-order valence-electron chi connectivity index (χ3n) is 3.75. The Morgan fingerprint density at radius 2 is 2.24 bits per heavy atom. The van der Waals surface area contributed by atoms with Gasteiger partial charge < -0.3 is 11.1 Å². The molecule has 1 heterocycles. The van der Waals surface area contributed by atoms with E-state index in [1.54, 1.807) is 0 Å². The first kappa shape index (κ1) is 16.3. The standard InChI is InChI=1S/C15H21N3OS2/c1-10-9-21-8-7-18(10)11(2)15(19)17-13-6-4-3-5-12(13)14(16)20/h3-6,10-11H,7-9H2,1-2H3,(H2,16,20)(H,17,19). The maximum atomic E-state index is 12.5. The van der Waals surface area contributed by atoms with Crippen LogP contribution in [0.2, 0.25) is 0 Å². The first-order chi connectivity index (χ1) is 10.0. The molecule has 1 aliphatic rings. The van der Waals surface area contributed by atoms with Gasteiger partial charge in [-0.05, 0) is 26.0 Å². The summed E-state index contributed by atoms with van der Waals surface area (Å²) in [5.41, 5.74) is 7.08. The van der Waals surface area contributed by atoms with Gasteiger partial charge in [-0.25, -0.2) is 0 Å². The Kier molecular flexibility index (Phi) is 5.61. The van der Waals surface area contributed by atoms with E-state index in [4.69, 9.17) is 18.0 Å². The molecule has 2 unspecified atom stereocenters. The number of thioether (sulfide) groups is 1. The molecule has 1 fully saturated rings. The van der Waals surface area contributed by atoms with E-state index in [2.05, 4.69) is 17.1 Å². The number of amides is 1. The van der Waals surface area contributed by atoms with E-state index in [1.165, 1.54) is 0 Å². The highest BCUT2D eigenvalue weighted by atomic mass is 32.2. The highest BCUT2D eigenvalue weighted by molar-refractivity contribution is 7.99. The minimum absolute atomic E-state index is 0.0162. The lowest BCUT2D eigenvalue weighted by Crippen LogP contribution is -2.50. The van der Waals surface area contributed by atoms with Gasteiger partial charge in [-0.1, -0.05) is 24.4 Å². The summed E-state index contributed by atoms with van der Waals surface area (Å²) in [6, 6.07) is 7.62. The Bertz CT molecular complexity index is 535. The number of nitrogens with zero attached hydrogens (tertiary/aromatic N) is 1. The van der Waals surface area contributed by atoms with Crippen molar-refractivity contribution >= 4 is 40.6 Å². The molecule has 0 aliphatic carbocycles. The van der Waals surface area contributed by atoms with E-state index in [0.29, 0.717) is 22.3 Å². The summed E-state index contributed by atoms with van der Waals surface area (Å²) < 4.78 is 0. The molecule has 0 spiro atoms. The van der Waals surface area contributed by atoms with Crippen LogP contribution in [0.15, 0.2) is 24.3 Å². The van der Waals surface area contributed by atoms with Crippen LogP contribution in [-0.4, -0.2) is 45.9 Å². The maximum Gasteiger partial charge on any atom is 0.241 e. The summed E-state index contributed by atoms with van der Waals surface area (Å²) in [6.07, 6.45) is 0. The molecule has 0 aromatic heterocycles. The van der Waals surface area contributed by atoms with Crippen LogP contribution in [0.25, 0.3) is 0 Å². The lowest BCUT2D eigenvalue weighted by atomic mass is 10.1. The zero-order valence-corrected chi connectivity index (χ0v) is 14.0. The number of hydrogen-bond acceptors (Lipinski definition) is 4. The third-order valence-corrected chi connectivity index (χ3v) is 5.16. The van der Waals surface area contributed by atoms with Crippen LogP contribution in [0.1, 0.15) is 19.4 Å². The normalized spacial score (nSPS) is 20.8. The van der Waals surface area contributed by atoms with Gasteiger partial charge in [-0.15, -0.1) is 0 Å². The largest absolute Gasteiger partial charge is 0.389 e. The van der Waals surface area contributed by atoms with Crippen molar-refractivity contribution in [1.29, 1.82) is 0 Å². The molecular formula is C15H21N3OS2. The number of para-hydroxylation sites is 1. The fourth-order valence-corrected chi connectivity index (χ4v) is 3.73. The van der Waals surface area contributed by atoms with Crippen LogP contribution in [0.4, 0.5) is 5.69 Å². The van der Waals surface area contributed by atoms with Crippen molar-refractivity contribution in [2.45, 2.75) is 25.9 Å². The van der Waals surface area contributed by atoms with Gasteiger partial charge in [0.15, 0.2) is 0 Å². The van der Waals surface area contributed by atoms with Crippen molar-refractivity contribution in [2.24, 2.45) is 5.73 Å². The zero-order chi connectivity index (χ0) is 15.4. The lowest BCUT2D eigenvalue weighted by Gasteiger charge is -2.36. The molecule has 1 aromatic carbocycles. The molecule has 1 aromatic rings. The van der Waals surface area contributed by atoms with Gasteiger partial charge in [0.05, 0.1) is 11.7 Å². The Morgan fingerprint density at radius 3 is 2.90 bits per heavy atom. The van der Waals surface area contributed by atoms with E-state index in [0.717, 1.165) is 18.1 Å². The van der Waals surface area contributed by atoms with Crippen LogP contribution >= 0.6 is 24.0 Å². The maximum absolute atomic E-state index is 12.5. The van der Waals surface area contributed by atoms with Gasteiger partial charge in [-0.3, -0.25) is 9.69 Å². The number of rotatable bonds is 4. The van der Waals surface area contributed by atoms with Crippen molar-refractivity contribution in [3.63, 3.8) is 0 Å². The van der Waals surface area contributed by atoms with E-state index < -0.39 is 0 Å².